The van der Waals surface area contributed by atoms with E-state index in [1.54, 1.807) is 23.9 Å². The van der Waals surface area contributed by atoms with Gasteiger partial charge in [-0.1, -0.05) is 0 Å². The van der Waals surface area contributed by atoms with E-state index in [0.29, 0.717) is 11.1 Å². The zero-order valence-corrected chi connectivity index (χ0v) is 11.3. The van der Waals surface area contributed by atoms with Crippen molar-refractivity contribution in [1.29, 1.82) is 0 Å². The number of benzene rings is 1. The van der Waals surface area contributed by atoms with Crippen molar-refractivity contribution < 1.29 is 14.5 Å². The molecule has 2 aliphatic rings. The number of rotatable bonds is 4. The molecule has 0 aliphatic carbocycles. The van der Waals surface area contributed by atoms with Gasteiger partial charge in [-0.15, -0.1) is 11.8 Å². The molecule has 0 amide bonds. The molecule has 104 valence electrons. The van der Waals surface area contributed by atoms with Crippen LogP contribution < -0.4 is 0 Å². The molecule has 1 aromatic rings. The number of non-ortho nitro benzene ring substituents is 1. The van der Waals surface area contributed by atoms with Crippen molar-refractivity contribution in [2.45, 2.75) is 18.4 Å². The van der Waals surface area contributed by atoms with Crippen LogP contribution in [0.3, 0.4) is 0 Å². The van der Waals surface area contributed by atoms with Crippen LogP contribution in [0.1, 0.15) is 12.0 Å². The number of carbonyl (C=O) groups is 1. The van der Waals surface area contributed by atoms with Crippen LogP contribution in [0.4, 0.5) is 5.69 Å². The third kappa shape index (κ3) is 2.36. The minimum atomic E-state index is -0.458. The third-order valence-electron chi connectivity index (χ3n) is 3.34. The molecule has 1 fully saturated rings. The van der Waals surface area contributed by atoms with Crippen molar-refractivity contribution in [3.05, 3.63) is 51.0 Å². The number of esters is 1. The second-order valence-electron chi connectivity index (χ2n) is 4.58. The molecule has 1 atom stereocenters. The van der Waals surface area contributed by atoms with Gasteiger partial charge in [-0.3, -0.25) is 10.1 Å². The van der Waals surface area contributed by atoms with E-state index in [4.69, 9.17) is 4.74 Å². The maximum Gasteiger partial charge on any atom is 0.355 e. The van der Waals surface area contributed by atoms with E-state index >= 15 is 0 Å². The van der Waals surface area contributed by atoms with Crippen LogP contribution in [-0.4, -0.2) is 27.7 Å². The molecule has 7 heteroatoms. The van der Waals surface area contributed by atoms with Crippen molar-refractivity contribution in [3.8, 4) is 0 Å². The number of nitro groups is 1. The summed E-state index contributed by atoms with van der Waals surface area (Å²) in [4.78, 5) is 24.0. The number of hydrogen-bond acceptors (Lipinski definition) is 6. The smallest absolute Gasteiger partial charge is 0.355 e. The average molecular weight is 292 g/mol. The number of thioether (sulfide) groups is 1. The highest BCUT2D eigenvalue weighted by Gasteiger charge is 2.37. The van der Waals surface area contributed by atoms with E-state index in [9.17, 15) is 14.9 Å². The maximum atomic E-state index is 11.9. The molecule has 2 aliphatic heterocycles. The van der Waals surface area contributed by atoms with Crippen molar-refractivity contribution in [3.63, 3.8) is 0 Å². The molecule has 0 radical (unpaired) electrons. The average Bonchev–Trinajstić information content (AvgIpc) is 2.71. The van der Waals surface area contributed by atoms with Gasteiger partial charge in [-0.25, -0.2) is 4.79 Å². The summed E-state index contributed by atoms with van der Waals surface area (Å²) in [5, 5.41) is 12.8. The first-order chi connectivity index (χ1) is 9.65. The topological polar surface area (TPSA) is 72.7 Å². The Morgan fingerprint density at radius 2 is 2.20 bits per heavy atom. The highest BCUT2D eigenvalue weighted by molar-refractivity contribution is 8.03. The Kier molecular flexibility index (Phi) is 3.35. The molecule has 0 N–H and O–H groups in total. The molecule has 0 aromatic heterocycles. The van der Waals surface area contributed by atoms with Crippen LogP contribution >= 0.6 is 11.8 Å². The lowest BCUT2D eigenvalue weighted by Crippen LogP contribution is -2.43. The van der Waals surface area contributed by atoms with Crippen LogP contribution in [0, 0.1) is 10.1 Å². The van der Waals surface area contributed by atoms with Crippen molar-refractivity contribution >= 4 is 23.4 Å². The van der Waals surface area contributed by atoms with Gasteiger partial charge in [0.05, 0.1) is 10.3 Å². The molecular formula is C13H12N2O4S. The summed E-state index contributed by atoms with van der Waals surface area (Å²) in [5.41, 5.74) is 1.38. The summed E-state index contributed by atoms with van der Waals surface area (Å²) in [6.45, 7) is 1.02. The van der Waals surface area contributed by atoms with Gasteiger partial charge in [0.15, 0.2) is 0 Å². The summed E-state index contributed by atoms with van der Waals surface area (Å²) in [6, 6.07) is 5.99. The normalized spacial score (nSPS) is 19.9. The second-order valence-corrected chi connectivity index (χ2v) is 5.63. The predicted octanol–water partition coefficient (Wildman–Crippen LogP) is 2.26. The fourth-order valence-electron chi connectivity index (χ4n) is 2.09. The molecule has 20 heavy (non-hydrogen) atoms. The van der Waals surface area contributed by atoms with Crippen LogP contribution in [-0.2, 0) is 16.1 Å². The van der Waals surface area contributed by atoms with Crippen LogP contribution in [0.5, 0.6) is 0 Å². The van der Waals surface area contributed by atoms with E-state index in [1.165, 1.54) is 12.1 Å². The number of carbonyl (C=O) groups excluding carboxylic acids is 1. The first kappa shape index (κ1) is 13.0. The Labute approximate surface area is 119 Å². The van der Waals surface area contributed by atoms with Gasteiger partial charge in [0.25, 0.3) is 5.69 Å². The number of fused-ring (bicyclic) bond motifs is 1. The molecule has 1 unspecified atom stereocenters. The molecule has 3 rings (SSSR count). The van der Waals surface area contributed by atoms with E-state index in [2.05, 4.69) is 0 Å². The van der Waals surface area contributed by atoms with Crippen LogP contribution in [0.25, 0.3) is 0 Å². The van der Waals surface area contributed by atoms with Gasteiger partial charge in [0, 0.05) is 24.1 Å². The lowest BCUT2D eigenvalue weighted by molar-refractivity contribution is -0.384. The largest absolute Gasteiger partial charge is 0.456 e. The minimum Gasteiger partial charge on any atom is -0.456 e. The quantitative estimate of drug-likeness (QED) is 0.481. The van der Waals surface area contributed by atoms with E-state index in [-0.39, 0.29) is 18.3 Å². The van der Waals surface area contributed by atoms with Gasteiger partial charge in [-0.2, -0.15) is 0 Å². The number of ether oxygens (including phenoxy) is 1. The molecule has 2 heterocycles. The van der Waals surface area contributed by atoms with Gasteiger partial charge in [-0.05, 0) is 24.1 Å². The van der Waals surface area contributed by atoms with Gasteiger partial charge < -0.3 is 9.64 Å². The first-order valence-corrected chi connectivity index (χ1v) is 7.12. The molecular weight excluding hydrogens is 280 g/mol. The van der Waals surface area contributed by atoms with E-state index in [1.807, 2.05) is 10.3 Å². The summed E-state index contributed by atoms with van der Waals surface area (Å²) in [7, 11) is 0. The lowest BCUT2D eigenvalue weighted by Gasteiger charge is -2.37. The Morgan fingerprint density at radius 1 is 1.45 bits per heavy atom. The van der Waals surface area contributed by atoms with Gasteiger partial charge in [0.1, 0.15) is 12.3 Å². The van der Waals surface area contributed by atoms with Crippen molar-refractivity contribution in [1.82, 2.24) is 4.90 Å². The van der Waals surface area contributed by atoms with Crippen LogP contribution in [0.2, 0.25) is 0 Å². The summed E-state index contributed by atoms with van der Waals surface area (Å²) < 4.78 is 5.23. The minimum absolute atomic E-state index is 0.0263. The Bertz CT molecular complexity index is 585. The third-order valence-corrected chi connectivity index (χ3v) is 4.50. The summed E-state index contributed by atoms with van der Waals surface area (Å²) in [6.07, 6.45) is 1.10. The SMILES string of the molecule is O=C(OCc1ccc([N+](=O)[O-])cc1)C1=CSC2CCN12. The first-order valence-electron chi connectivity index (χ1n) is 6.18. The van der Waals surface area contributed by atoms with E-state index in [0.717, 1.165) is 18.5 Å². The van der Waals surface area contributed by atoms with Crippen molar-refractivity contribution in [2.75, 3.05) is 6.54 Å². The molecule has 0 bridgehead atoms. The highest BCUT2D eigenvalue weighted by atomic mass is 32.2. The van der Waals surface area contributed by atoms with Gasteiger partial charge >= 0.3 is 5.97 Å². The Balaban J connectivity index is 1.56. The van der Waals surface area contributed by atoms with Crippen LogP contribution in [0.15, 0.2) is 35.4 Å². The maximum absolute atomic E-state index is 11.9. The number of nitrogens with zero attached hydrogens (tertiary/aromatic N) is 2. The molecule has 0 spiro atoms. The molecule has 6 nitrogen and oxygen atoms in total. The van der Waals surface area contributed by atoms with Crippen molar-refractivity contribution in [2.24, 2.45) is 0 Å². The predicted molar refractivity (Wildman–Crippen MR) is 73.7 cm³/mol. The highest BCUT2D eigenvalue weighted by Crippen LogP contribution is 2.39. The number of hydrogen-bond donors (Lipinski definition) is 0. The molecule has 0 saturated carbocycles. The zero-order chi connectivity index (χ0) is 14.1. The standard InChI is InChI=1S/C13H12N2O4S/c16-13(11-8-20-12-5-6-14(11)12)19-7-9-1-3-10(4-2-9)15(17)18/h1-4,8,12H,5-7H2. The lowest BCUT2D eigenvalue weighted by atomic mass is 10.2. The monoisotopic (exact) mass is 292 g/mol. The zero-order valence-electron chi connectivity index (χ0n) is 10.5. The second kappa shape index (κ2) is 5.16. The fraction of sp³-hybridized carbons (Fsp3) is 0.308. The molecule has 1 saturated heterocycles. The summed E-state index contributed by atoms with van der Waals surface area (Å²) >= 11 is 1.64. The van der Waals surface area contributed by atoms with Gasteiger partial charge in [0.2, 0.25) is 0 Å². The Hall–Kier alpha value is -2.02. The summed E-state index contributed by atoms with van der Waals surface area (Å²) in [5.74, 6) is -0.335. The Morgan fingerprint density at radius 3 is 2.75 bits per heavy atom. The fourth-order valence-corrected chi connectivity index (χ4v) is 3.22. The molecule has 1 aromatic carbocycles. The number of nitro benzene ring substituents is 1. The van der Waals surface area contributed by atoms with E-state index < -0.39 is 4.92 Å².